The van der Waals surface area contributed by atoms with E-state index in [0.29, 0.717) is 11.6 Å². The van der Waals surface area contributed by atoms with E-state index in [-0.39, 0.29) is 11.8 Å². The van der Waals surface area contributed by atoms with Gasteiger partial charge in [0, 0.05) is 22.8 Å². The minimum atomic E-state index is -0.466. The monoisotopic (exact) mass is 381 g/mol. The lowest BCUT2D eigenvalue weighted by Crippen LogP contribution is -2.40. The molecule has 0 bridgehead atoms. The van der Waals surface area contributed by atoms with Crippen LogP contribution in [0.2, 0.25) is 0 Å². The summed E-state index contributed by atoms with van der Waals surface area (Å²) in [6, 6.07) is 3.35. The molecular weight excluding hydrogens is 358 g/mol. The molecule has 27 heavy (non-hydrogen) atoms. The number of nitrogens with one attached hydrogen (secondary N) is 1. The summed E-state index contributed by atoms with van der Waals surface area (Å²) in [7, 11) is 0. The molecule has 4 rings (SSSR count). The summed E-state index contributed by atoms with van der Waals surface area (Å²) in [5.74, 6) is 1.08. The molecule has 0 spiro atoms. The molecule has 0 fully saturated rings. The average molecular weight is 382 g/mol. The van der Waals surface area contributed by atoms with Gasteiger partial charge in [-0.3, -0.25) is 9.78 Å². The molecule has 3 aromatic rings. The third kappa shape index (κ3) is 3.27. The van der Waals surface area contributed by atoms with E-state index >= 15 is 0 Å². The van der Waals surface area contributed by atoms with E-state index in [9.17, 15) is 4.79 Å². The fraction of sp³-hybridized carbons (Fsp3) is 0.400. The first-order valence-corrected chi connectivity index (χ1v) is 10.2. The van der Waals surface area contributed by atoms with Crippen molar-refractivity contribution in [1.29, 1.82) is 0 Å². The number of amides is 1. The number of thiophene rings is 1. The van der Waals surface area contributed by atoms with Gasteiger partial charge in [0.2, 0.25) is 5.91 Å². The Hall–Kier alpha value is -2.54. The average Bonchev–Trinajstić information content (AvgIpc) is 3.26. The highest BCUT2D eigenvalue weighted by Crippen LogP contribution is 2.40. The summed E-state index contributed by atoms with van der Waals surface area (Å²) in [5.41, 5.74) is 7.87. The lowest BCUT2D eigenvalue weighted by molar-refractivity contribution is -0.119. The van der Waals surface area contributed by atoms with Gasteiger partial charge in [0.25, 0.3) is 0 Å². The second kappa shape index (κ2) is 7.23. The van der Waals surface area contributed by atoms with E-state index < -0.39 is 6.04 Å². The molecule has 3 N–H and O–H groups in total. The largest absolute Gasteiger partial charge is 0.368 e. The molecule has 1 amide bonds. The Kier molecular flexibility index (Phi) is 4.78. The van der Waals surface area contributed by atoms with Crippen LogP contribution in [0.4, 0.5) is 5.82 Å². The Morgan fingerprint density at radius 3 is 2.93 bits per heavy atom. The number of nitrogens with zero attached hydrogens (tertiary/aromatic N) is 3. The van der Waals surface area contributed by atoms with Crippen molar-refractivity contribution in [1.82, 2.24) is 15.0 Å². The van der Waals surface area contributed by atoms with E-state index in [0.717, 1.165) is 41.5 Å². The number of fused-ring (bicyclic) bond motifs is 3. The van der Waals surface area contributed by atoms with Gasteiger partial charge in [-0.2, -0.15) is 0 Å². The number of aromatic nitrogens is 3. The van der Waals surface area contributed by atoms with Crippen molar-refractivity contribution < 1.29 is 4.79 Å². The normalized spacial score (nSPS) is 15.5. The summed E-state index contributed by atoms with van der Waals surface area (Å²) in [4.78, 5) is 28.2. The van der Waals surface area contributed by atoms with Gasteiger partial charge < -0.3 is 11.1 Å². The fourth-order valence-electron chi connectivity index (χ4n) is 3.60. The second-order valence-corrected chi connectivity index (χ2v) is 8.17. The zero-order valence-electron chi connectivity index (χ0n) is 15.5. The molecule has 3 aromatic heterocycles. The van der Waals surface area contributed by atoms with E-state index in [1.165, 1.54) is 10.4 Å². The maximum Gasteiger partial charge on any atom is 0.240 e. The van der Waals surface area contributed by atoms with Crippen LogP contribution in [-0.4, -0.2) is 26.9 Å². The number of pyridine rings is 1. The molecule has 1 aliphatic rings. The molecule has 0 aromatic carbocycles. The second-order valence-electron chi connectivity index (χ2n) is 7.08. The minimum Gasteiger partial charge on any atom is -0.368 e. The highest BCUT2D eigenvalue weighted by molar-refractivity contribution is 7.19. The molecular formula is C20H23N5OS. The number of carbonyl (C=O) groups excluding carboxylic acids is 1. The minimum absolute atomic E-state index is 0.112. The SMILES string of the molecule is CCC(C)C(Nc1nc(-c2cccnc2)nc2sc3c(c12)CCC3)C(N)=O. The third-order valence-corrected chi connectivity index (χ3v) is 6.48. The van der Waals surface area contributed by atoms with Gasteiger partial charge >= 0.3 is 0 Å². The number of hydrogen-bond donors (Lipinski definition) is 2. The third-order valence-electron chi connectivity index (χ3n) is 5.30. The zero-order valence-corrected chi connectivity index (χ0v) is 16.3. The van der Waals surface area contributed by atoms with Crippen LogP contribution in [0.25, 0.3) is 21.6 Å². The number of rotatable bonds is 6. The van der Waals surface area contributed by atoms with Crippen LogP contribution in [-0.2, 0) is 17.6 Å². The smallest absolute Gasteiger partial charge is 0.240 e. The standard InChI is InChI=1S/C20H23N5OS/c1-3-11(2)16(17(21)26)23-19-15-13-7-4-8-14(13)27-20(15)25-18(24-19)12-6-5-9-22-10-12/h5-6,9-11,16H,3-4,7-8H2,1-2H3,(H2,21,26)(H,23,24,25). The van der Waals surface area contributed by atoms with E-state index in [2.05, 4.69) is 17.2 Å². The summed E-state index contributed by atoms with van der Waals surface area (Å²) >= 11 is 1.73. The van der Waals surface area contributed by atoms with Crippen molar-refractivity contribution in [2.45, 2.75) is 45.6 Å². The molecule has 2 unspecified atom stereocenters. The van der Waals surface area contributed by atoms with Crippen LogP contribution in [0, 0.1) is 5.92 Å². The van der Waals surface area contributed by atoms with Gasteiger partial charge in [-0.25, -0.2) is 9.97 Å². The van der Waals surface area contributed by atoms with Gasteiger partial charge in [-0.05, 0) is 42.9 Å². The number of aryl methyl sites for hydroxylation is 2. The Labute approximate surface area is 162 Å². The summed E-state index contributed by atoms with van der Waals surface area (Å²) in [6.07, 6.45) is 7.61. The highest BCUT2D eigenvalue weighted by Gasteiger charge is 2.27. The van der Waals surface area contributed by atoms with Gasteiger partial charge in [0.15, 0.2) is 5.82 Å². The lowest BCUT2D eigenvalue weighted by Gasteiger charge is -2.22. The molecule has 0 saturated heterocycles. The molecule has 0 aliphatic heterocycles. The van der Waals surface area contributed by atoms with E-state index in [1.807, 2.05) is 19.1 Å². The van der Waals surface area contributed by atoms with Gasteiger partial charge in [0.1, 0.15) is 16.7 Å². The first kappa shape index (κ1) is 17.9. The first-order chi connectivity index (χ1) is 13.1. The summed E-state index contributed by atoms with van der Waals surface area (Å²) < 4.78 is 0. The number of nitrogens with two attached hydrogens (primary N) is 1. The quantitative estimate of drug-likeness (QED) is 0.681. The molecule has 0 radical (unpaired) electrons. The first-order valence-electron chi connectivity index (χ1n) is 9.37. The molecule has 0 saturated carbocycles. The Morgan fingerprint density at radius 1 is 1.37 bits per heavy atom. The van der Waals surface area contributed by atoms with E-state index in [4.69, 9.17) is 15.7 Å². The number of hydrogen-bond acceptors (Lipinski definition) is 6. The molecule has 2 atom stereocenters. The van der Waals surface area contributed by atoms with Crippen LogP contribution in [0.5, 0.6) is 0 Å². The Balaban J connectivity index is 1.87. The van der Waals surface area contributed by atoms with Crippen molar-refractivity contribution in [3.05, 3.63) is 35.0 Å². The van der Waals surface area contributed by atoms with Crippen molar-refractivity contribution in [3.8, 4) is 11.4 Å². The van der Waals surface area contributed by atoms with Crippen LogP contribution in [0.3, 0.4) is 0 Å². The summed E-state index contributed by atoms with van der Waals surface area (Å²) in [5, 5.41) is 4.41. The van der Waals surface area contributed by atoms with Crippen LogP contribution >= 0.6 is 11.3 Å². The van der Waals surface area contributed by atoms with Gasteiger partial charge in [-0.1, -0.05) is 20.3 Å². The molecule has 7 heteroatoms. The van der Waals surface area contributed by atoms with Crippen molar-refractivity contribution in [2.75, 3.05) is 5.32 Å². The Bertz CT molecular complexity index is 985. The van der Waals surface area contributed by atoms with Crippen molar-refractivity contribution in [3.63, 3.8) is 0 Å². The number of carbonyl (C=O) groups is 1. The predicted molar refractivity (Wildman–Crippen MR) is 109 cm³/mol. The Morgan fingerprint density at radius 2 is 2.22 bits per heavy atom. The fourth-order valence-corrected chi connectivity index (χ4v) is 4.86. The predicted octanol–water partition coefficient (Wildman–Crippen LogP) is 3.55. The van der Waals surface area contributed by atoms with Gasteiger partial charge in [0.05, 0.1) is 5.39 Å². The summed E-state index contributed by atoms with van der Waals surface area (Å²) in [6.45, 7) is 4.09. The molecule has 140 valence electrons. The molecule has 6 nitrogen and oxygen atoms in total. The molecule has 1 aliphatic carbocycles. The molecule has 3 heterocycles. The topological polar surface area (TPSA) is 93.8 Å². The van der Waals surface area contributed by atoms with Crippen molar-refractivity contribution >= 4 is 33.3 Å². The number of primary amides is 1. The van der Waals surface area contributed by atoms with Crippen LogP contribution < -0.4 is 11.1 Å². The van der Waals surface area contributed by atoms with Gasteiger partial charge in [-0.15, -0.1) is 11.3 Å². The maximum atomic E-state index is 12.1. The van der Waals surface area contributed by atoms with E-state index in [1.54, 1.807) is 23.7 Å². The van der Waals surface area contributed by atoms with Crippen molar-refractivity contribution in [2.24, 2.45) is 11.7 Å². The highest BCUT2D eigenvalue weighted by atomic mass is 32.1. The number of anilines is 1. The lowest BCUT2D eigenvalue weighted by atomic mass is 9.98. The maximum absolute atomic E-state index is 12.1. The zero-order chi connectivity index (χ0) is 19.0. The van der Waals surface area contributed by atoms with Crippen LogP contribution in [0.1, 0.15) is 37.1 Å². The van der Waals surface area contributed by atoms with Crippen LogP contribution in [0.15, 0.2) is 24.5 Å².